The van der Waals surface area contributed by atoms with Gasteiger partial charge in [0.15, 0.2) is 12.6 Å². The molecule has 0 saturated carbocycles. The average Bonchev–Trinajstić information content (AvgIpc) is 3.13. The molecule has 202 valence electrons. The first-order chi connectivity index (χ1) is 16.9. The van der Waals surface area contributed by atoms with Crippen molar-refractivity contribution in [1.82, 2.24) is 5.32 Å². The second kappa shape index (κ2) is 10.4. The third-order valence-electron chi connectivity index (χ3n) is 6.84. The standard InChI is InChI=1S/C22H31NO12S/c1-21(2)9(3-10(25)13-18(21)36-6-12(26)23-13)4-32-19-16(29)15(28)14(27)11(35-19)5-33-20-17(30)22(31,7-24)8-34-20/h3,11,14-17,19-20,24,27-31H,4-8H2,1-2H3,(H,23,26). The van der Waals surface area contributed by atoms with Crippen LogP contribution in [-0.4, -0.2) is 123 Å². The van der Waals surface area contributed by atoms with E-state index < -0.39 is 67.3 Å². The number of ketones is 1. The van der Waals surface area contributed by atoms with E-state index in [0.717, 1.165) is 0 Å². The Kier molecular flexibility index (Phi) is 7.96. The number of rotatable bonds is 7. The second-order valence-electron chi connectivity index (χ2n) is 9.74. The number of hydrogen-bond acceptors (Lipinski definition) is 13. The fraction of sp³-hybridized carbons (Fsp3) is 0.727. The molecule has 2 fully saturated rings. The minimum atomic E-state index is -1.90. The number of thioether (sulfide) groups is 1. The van der Waals surface area contributed by atoms with Crippen LogP contribution in [0.4, 0.5) is 0 Å². The van der Waals surface area contributed by atoms with Crippen LogP contribution in [0.2, 0.25) is 0 Å². The summed E-state index contributed by atoms with van der Waals surface area (Å²) >= 11 is 1.27. The van der Waals surface area contributed by atoms with Gasteiger partial charge in [-0.2, -0.15) is 0 Å². The number of allylic oxidation sites excluding steroid dienone is 2. The Morgan fingerprint density at radius 3 is 2.50 bits per heavy atom. The van der Waals surface area contributed by atoms with Gasteiger partial charge in [-0.3, -0.25) is 9.59 Å². The molecule has 14 heteroatoms. The smallest absolute Gasteiger partial charge is 0.234 e. The Bertz CT molecular complexity index is 953. The molecule has 0 aromatic carbocycles. The molecular weight excluding hydrogens is 502 g/mol. The van der Waals surface area contributed by atoms with E-state index in [4.69, 9.17) is 18.9 Å². The molecule has 4 aliphatic rings. The number of nitrogens with one attached hydrogen (secondary N) is 1. The maximum atomic E-state index is 12.6. The van der Waals surface area contributed by atoms with Crippen molar-refractivity contribution in [3.05, 3.63) is 22.3 Å². The monoisotopic (exact) mass is 533 g/mol. The molecule has 36 heavy (non-hydrogen) atoms. The predicted molar refractivity (Wildman–Crippen MR) is 121 cm³/mol. The van der Waals surface area contributed by atoms with Gasteiger partial charge < -0.3 is 54.9 Å². The highest BCUT2D eigenvalue weighted by Gasteiger charge is 2.50. The molecule has 2 saturated heterocycles. The second-order valence-corrected chi connectivity index (χ2v) is 10.7. The minimum Gasteiger partial charge on any atom is -0.393 e. The molecule has 13 nitrogen and oxygen atoms in total. The summed E-state index contributed by atoms with van der Waals surface area (Å²) in [6.07, 6.45) is -8.99. The number of aliphatic hydroxyl groups excluding tert-OH is 5. The van der Waals surface area contributed by atoms with Gasteiger partial charge in [0.1, 0.15) is 36.1 Å². The normalized spacial score (nSPS) is 40.7. The van der Waals surface area contributed by atoms with Crippen molar-refractivity contribution in [2.24, 2.45) is 5.41 Å². The van der Waals surface area contributed by atoms with Gasteiger partial charge >= 0.3 is 0 Å². The fourth-order valence-electron chi connectivity index (χ4n) is 4.38. The van der Waals surface area contributed by atoms with E-state index in [1.54, 1.807) is 0 Å². The van der Waals surface area contributed by atoms with Crippen molar-refractivity contribution >= 4 is 23.5 Å². The van der Waals surface area contributed by atoms with Crippen LogP contribution < -0.4 is 5.32 Å². The maximum absolute atomic E-state index is 12.6. The Hall–Kier alpha value is -1.43. The highest BCUT2D eigenvalue weighted by molar-refractivity contribution is 8.03. The highest BCUT2D eigenvalue weighted by atomic mass is 32.2. The molecule has 0 aromatic heterocycles. The summed E-state index contributed by atoms with van der Waals surface area (Å²) in [7, 11) is 0. The molecule has 1 amide bonds. The summed E-state index contributed by atoms with van der Waals surface area (Å²) in [4.78, 5) is 25.0. The van der Waals surface area contributed by atoms with Crippen LogP contribution in [0.1, 0.15) is 13.8 Å². The fourth-order valence-corrected chi connectivity index (χ4v) is 5.51. The third kappa shape index (κ3) is 5.00. The third-order valence-corrected chi connectivity index (χ3v) is 8.25. The van der Waals surface area contributed by atoms with Crippen LogP contribution in [0.25, 0.3) is 0 Å². The minimum absolute atomic E-state index is 0.157. The Morgan fingerprint density at radius 1 is 1.11 bits per heavy atom. The molecule has 0 bridgehead atoms. The quantitative estimate of drug-likeness (QED) is 0.173. The van der Waals surface area contributed by atoms with E-state index in [2.05, 4.69) is 5.32 Å². The van der Waals surface area contributed by atoms with Crippen LogP contribution in [0.15, 0.2) is 22.3 Å². The first-order valence-corrected chi connectivity index (χ1v) is 12.4. The van der Waals surface area contributed by atoms with Gasteiger partial charge in [0.2, 0.25) is 11.7 Å². The van der Waals surface area contributed by atoms with Crippen molar-refractivity contribution in [2.75, 3.05) is 32.2 Å². The maximum Gasteiger partial charge on any atom is 0.234 e. The predicted octanol–water partition coefficient (Wildman–Crippen LogP) is -3.12. The average molecular weight is 534 g/mol. The number of ether oxygens (including phenoxy) is 4. The first-order valence-electron chi connectivity index (χ1n) is 11.4. The molecule has 1 aliphatic carbocycles. The van der Waals surface area contributed by atoms with Crippen LogP contribution in [0.3, 0.4) is 0 Å². The summed E-state index contributed by atoms with van der Waals surface area (Å²) in [6.45, 7) is 2.03. The molecule has 0 aromatic rings. The molecule has 7 N–H and O–H groups in total. The van der Waals surface area contributed by atoms with Gasteiger partial charge in [0.05, 0.1) is 37.9 Å². The van der Waals surface area contributed by atoms with Crippen LogP contribution in [-0.2, 0) is 28.5 Å². The van der Waals surface area contributed by atoms with Gasteiger partial charge in [0, 0.05) is 10.3 Å². The first kappa shape index (κ1) is 27.6. The van der Waals surface area contributed by atoms with Crippen molar-refractivity contribution in [3.63, 3.8) is 0 Å². The number of aliphatic hydroxyl groups is 6. The number of hydrogen-bond donors (Lipinski definition) is 7. The summed E-state index contributed by atoms with van der Waals surface area (Å²) in [5, 5.41) is 63.1. The highest BCUT2D eigenvalue weighted by Crippen LogP contribution is 2.47. The van der Waals surface area contributed by atoms with Gasteiger partial charge in [-0.25, -0.2) is 0 Å². The molecule has 3 aliphatic heterocycles. The summed E-state index contributed by atoms with van der Waals surface area (Å²) in [6, 6.07) is 0. The molecule has 4 rings (SSSR count). The zero-order valence-electron chi connectivity index (χ0n) is 19.7. The van der Waals surface area contributed by atoms with Gasteiger partial charge in [-0.05, 0) is 11.6 Å². The number of amides is 1. The largest absolute Gasteiger partial charge is 0.393 e. The SMILES string of the molecule is CC1(C)C(COC2OC(COC3OCC(O)(CO)C3O)C(O)C(O)C2O)=CC(=O)C2=C1SCC(=O)N2. The van der Waals surface area contributed by atoms with Crippen molar-refractivity contribution in [2.45, 2.75) is 62.5 Å². The summed E-state index contributed by atoms with van der Waals surface area (Å²) in [5.74, 6) is -0.463. The molecule has 8 unspecified atom stereocenters. The van der Waals surface area contributed by atoms with E-state index in [9.17, 15) is 40.2 Å². The molecule has 8 atom stereocenters. The summed E-state index contributed by atoms with van der Waals surface area (Å²) < 4.78 is 21.9. The topological polar surface area (TPSA) is 204 Å². The Morgan fingerprint density at radius 2 is 1.83 bits per heavy atom. The Balaban J connectivity index is 1.39. The summed E-state index contributed by atoms with van der Waals surface area (Å²) in [5.41, 5.74) is -1.77. The van der Waals surface area contributed by atoms with Crippen LogP contribution in [0.5, 0.6) is 0 Å². The van der Waals surface area contributed by atoms with E-state index >= 15 is 0 Å². The molecule has 0 spiro atoms. The van der Waals surface area contributed by atoms with E-state index in [0.29, 0.717) is 10.5 Å². The lowest BCUT2D eigenvalue weighted by Gasteiger charge is -2.42. The van der Waals surface area contributed by atoms with Crippen LogP contribution in [0, 0.1) is 5.41 Å². The van der Waals surface area contributed by atoms with Crippen LogP contribution >= 0.6 is 11.8 Å². The molecule has 3 heterocycles. The van der Waals surface area contributed by atoms with E-state index in [1.165, 1.54) is 17.8 Å². The van der Waals surface area contributed by atoms with Crippen molar-refractivity contribution in [3.8, 4) is 0 Å². The zero-order chi connectivity index (χ0) is 26.4. The van der Waals surface area contributed by atoms with Crippen molar-refractivity contribution in [1.29, 1.82) is 0 Å². The number of carbonyl (C=O) groups is 2. The van der Waals surface area contributed by atoms with Gasteiger partial charge in [-0.1, -0.05) is 13.8 Å². The molecular formula is C22H31NO12S. The zero-order valence-corrected chi connectivity index (χ0v) is 20.5. The van der Waals surface area contributed by atoms with Crippen molar-refractivity contribution < 1.29 is 59.2 Å². The van der Waals surface area contributed by atoms with Gasteiger partial charge in [0.25, 0.3) is 0 Å². The van der Waals surface area contributed by atoms with Gasteiger partial charge in [-0.15, -0.1) is 11.8 Å². The van der Waals surface area contributed by atoms with E-state index in [1.807, 2.05) is 13.8 Å². The Labute approximate surface area is 210 Å². The van der Waals surface area contributed by atoms with E-state index in [-0.39, 0.29) is 36.4 Å². The lowest BCUT2D eigenvalue weighted by Crippen LogP contribution is -2.59. The molecule has 0 radical (unpaired) electrons. The lowest BCUT2D eigenvalue weighted by molar-refractivity contribution is -0.308. The number of carbonyl (C=O) groups excluding carboxylic acids is 2. The lowest BCUT2D eigenvalue weighted by atomic mass is 9.78.